The lowest BCUT2D eigenvalue weighted by Crippen LogP contribution is -2.58. The molecule has 0 spiro atoms. The first-order valence-corrected chi connectivity index (χ1v) is 10.3. The second-order valence-electron chi connectivity index (χ2n) is 8.16. The van der Waals surface area contributed by atoms with Gasteiger partial charge < -0.3 is 14.7 Å². The highest BCUT2D eigenvalue weighted by molar-refractivity contribution is 5.69. The summed E-state index contributed by atoms with van der Waals surface area (Å²) in [7, 11) is 0. The molecule has 2 heterocycles. The monoisotopic (exact) mass is 390 g/mol. The second-order valence-corrected chi connectivity index (χ2v) is 8.16. The highest BCUT2D eigenvalue weighted by atomic mass is 16.6. The number of piperidine rings is 2. The number of hydrogen-bond acceptors (Lipinski definition) is 4. The first-order valence-electron chi connectivity index (χ1n) is 10.3. The summed E-state index contributed by atoms with van der Waals surface area (Å²) < 4.78 is 5.60. The molecule has 2 aliphatic heterocycles. The Morgan fingerprint density at radius 2 is 1.72 bits per heavy atom. The Morgan fingerprint density at radius 1 is 1.07 bits per heavy atom. The van der Waals surface area contributed by atoms with Gasteiger partial charge in [0.15, 0.2) is 0 Å². The van der Waals surface area contributed by atoms with Crippen molar-refractivity contribution >= 4 is 6.09 Å². The van der Waals surface area contributed by atoms with Gasteiger partial charge in [-0.05, 0) is 36.0 Å². The maximum atomic E-state index is 12.8. The van der Waals surface area contributed by atoms with Crippen LogP contribution >= 0.6 is 0 Å². The largest absolute Gasteiger partial charge is 0.445 e. The third-order valence-electron chi connectivity index (χ3n) is 6.20. The second kappa shape index (κ2) is 8.26. The Labute approximate surface area is 171 Å². The van der Waals surface area contributed by atoms with Gasteiger partial charge in [0, 0.05) is 24.9 Å². The summed E-state index contributed by atoms with van der Waals surface area (Å²) in [6.07, 6.45) is 3.94. The Bertz CT molecular complexity index is 875. The number of aliphatic hydroxyl groups is 1. The van der Waals surface area contributed by atoms with E-state index in [0.29, 0.717) is 19.3 Å². The van der Waals surface area contributed by atoms with Crippen molar-refractivity contribution in [1.82, 2.24) is 4.90 Å². The van der Waals surface area contributed by atoms with E-state index in [1.807, 2.05) is 59.5 Å². The summed E-state index contributed by atoms with van der Waals surface area (Å²) in [6.45, 7) is 0.264. The van der Waals surface area contributed by atoms with Crippen LogP contribution in [0.4, 0.5) is 4.79 Å². The zero-order chi connectivity index (χ0) is 20.3. The molecule has 2 fully saturated rings. The minimum Gasteiger partial charge on any atom is -0.445 e. The highest BCUT2D eigenvalue weighted by Crippen LogP contribution is 2.44. The molecule has 2 saturated heterocycles. The zero-order valence-corrected chi connectivity index (χ0v) is 16.5. The number of rotatable bonds is 4. The summed E-state index contributed by atoms with van der Waals surface area (Å²) in [6, 6.07) is 19.5. The van der Waals surface area contributed by atoms with E-state index >= 15 is 0 Å². The summed E-state index contributed by atoms with van der Waals surface area (Å²) in [5.41, 5.74) is 1.84. The van der Waals surface area contributed by atoms with Gasteiger partial charge in [-0.1, -0.05) is 54.6 Å². The molecule has 2 aliphatic rings. The first-order chi connectivity index (χ1) is 14.1. The number of hydrogen-bond donors (Lipinski definition) is 1. The molecule has 0 radical (unpaired) electrons. The fourth-order valence-corrected chi connectivity index (χ4v) is 4.78. The van der Waals surface area contributed by atoms with E-state index in [1.165, 1.54) is 0 Å². The van der Waals surface area contributed by atoms with Gasteiger partial charge >= 0.3 is 6.09 Å². The molecule has 29 heavy (non-hydrogen) atoms. The lowest BCUT2D eigenvalue weighted by atomic mass is 9.72. The molecule has 5 nitrogen and oxygen atoms in total. The van der Waals surface area contributed by atoms with E-state index in [9.17, 15) is 9.90 Å². The van der Waals surface area contributed by atoms with Gasteiger partial charge in [-0.3, -0.25) is 0 Å². The van der Waals surface area contributed by atoms with Gasteiger partial charge in [0.25, 0.3) is 0 Å². The van der Waals surface area contributed by atoms with E-state index in [-0.39, 0.29) is 24.8 Å². The fourth-order valence-electron chi connectivity index (χ4n) is 4.78. The topological polar surface area (TPSA) is 73.6 Å². The van der Waals surface area contributed by atoms with Crippen LogP contribution in [0, 0.1) is 11.3 Å². The molecule has 2 unspecified atom stereocenters. The van der Waals surface area contributed by atoms with Crippen molar-refractivity contribution in [2.75, 3.05) is 0 Å². The molecule has 0 aromatic heterocycles. The van der Waals surface area contributed by atoms with Crippen LogP contribution in [0.15, 0.2) is 54.6 Å². The quantitative estimate of drug-likeness (QED) is 0.845. The van der Waals surface area contributed by atoms with Crippen molar-refractivity contribution < 1.29 is 14.6 Å². The third-order valence-corrected chi connectivity index (χ3v) is 6.20. The molecular formula is C24H26N2O3. The molecule has 5 heteroatoms. The van der Waals surface area contributed by atoms with Gasteiger partial charge in [0.1, 0.15) is 6.61 Å². The fraction of sp³-hybridized carbons (Fsp3) is 0.417. The molecule has 1 amide bonds. The molecule has 1 N–H and O–H groups in total. The number of nitriles is 1. The van der Waals surface area contributed by atoms with Crippen LogP contribution in [-0.2, 0) is 23.4 Å². The van der Waals surface area contributed by atoms with Crippen LogP contribution in [0.5, 0.6) is 0 Å². The molecule has 2 aromatic rings. The normalized spacial score (nSPS) is 25.9. The molecular weight excluding hydrogens is 364 g/mol. The van der Waals surface area contributed by atoms with E-state index < -0.39 is 5.60 Å². The van der Waals surface area contributed by atoms with Gasteiger partial charge in [0.05, 0.1) is 18.1 Å². The number of carbonyl (C=O) groups excluding carboxylic acids is 1. The van der Waals surface area contributed by atoms with Gasteiger partial charge in [0.2, 0.25) is 0 Å². The predicted molar refractivity (Wildman–Crippen MR) is 109 cm³/mol. The number of nitrogens with zero attached hydrogens (tertiary/aromatic N) is 2. The molecule has 0 aliphatic carbocycles. The van der Waals surface area contributed by atoms with Crippen molar-refractivity contribution in [1.29, 1.82) is 5.26 Å². The summed E-state index contributed by atoms with van der Waals surface area (Å²) in [4.78, 5) is 14.7. The van der Waals surface area contributed by atoms with E-state index in [0.717, 1.165) is 36.0 Å². The third kappa shape index (κ3) is 4.13. The lowest BCUT2D eigenvalue weighted by molar-refractivity contribution is -0.0896. The number of benzene rings is 2. The predicted octanol–water partition coefficient (Wildman–Crippen LogP) is 4.29. The molecule has 0 saturated carbocycles. The maximum absolute atomic E-state index is 12.8. The highest BCUT2D eigenvalue weighted by Gasteiger charge is 2.48. The molecule has 2 atom stereocenters. The molecule has 2 aromatic carbocycles. The number of ether oxygens (including phenoxy) is 1. The zero-order valence-electron chi connectivity index (χ0n) is 16.5. The molecule has 4 rings (SSSR count). The van der Waals surface area contributed by atoms with Gasteiger partial charge in [-0.15, -0.1) is 0 Å². The maximum Gasteiger partial charge on any atom is 0.410 e. The van der Waals surface area contributed by atoms with E-state index in [1.54, 1.807) is 0 Å². The minimum atomic E-state index is -0.947. The lowest BCUT2D eigenvalue weighted by Gasteiger charge is -2.51. The Balaban J connectivity index is 1.47. The van der Waals surface area contributed by atoms with Crippen molar-refractivity contribution in [3.8, 4) is 6.07 Å². The van der Waals surface area contributed by atoms with Crippen LogP contribution < -0.4 is 0 Å². The van der Waals surface area contributed by atoms with Gasteiger partial charge in [-0.25, -0.2) is 4.79 Å². The van der Waals surface area contributed by atoms with Crippen molar-refractivity contribution in [2.24, 2.45) is 0 Å². The van der Waals surface area contributed by atoms with Crippen LogP contribution in [0.1, 0.15) is 48.8 Å². The van der Waals surface area contributed by atoms with E-state index in [2.05, 4.69) is 6.07 Å². The smallest absolute Gasteiger partial charge is 0.410 e. The summed E-state index contributed by atoms with van der Waals surface area (Å²) in [5.74, 6) is 0. The number of carbonyl (C=O) groups is 1. The Kier molecular flexibility index (Phi) is 5.55. The number of fused-ring (bicyclic) bond motifs is 2. The average Bonchev–Trinajstić information content (AvgIpc) is 2.73. The van der Waals surface area contributed by atoms with Crippen molar-refractivity contribution in [3.05, 3.63) is 71.3 Å². The standard InChI is InChI=1S/C24H26N2O3/c25-14-13-18-9-11-20(12-10-18)24(28)15-21-7-4-8-22(16-24)26(21)23(27)29-17-19-5-2-1-3-6-19/h1-3,5-6,9-12,21-22,28H,4,7-8,13,15-17H2. The van der Waals surface area contributed by atoms with Crippen molar-refractivity contribution in [2.45, 2.75) is 62.8 Å². The summed E-state index contributed by atoms with van der Waals surface area (Å²) in [5, 5.41) is 20.3. The SMILES string of the molecule is N#CCc1ccc(C2(O)CC3CCCC(C2)N3C(=O)OCc2ccccc2)cc1. The molecule has 2 bridgehead atoms. The Hall–Kier alpha value is -2.84. The van der Waals surface area contributed by atoms with Crippen LogP contribution in [-0.4, -0.2) is 28.2 Å². The van der Waals surface area contributed by atoms with Crippen LogP contribution in [0.25, 0.3) is 0 Å². The van der Waals surface area contributed by atoms with Gasteiger partial charge in [-0.2, -0.15) is 5.26 Å². The van der Waals surface area contributed by atoms with Crippen molar-refractivity contribution in [3.63, 3.8) is 0 Å². The van der Waals surface area contributed by atoms with E-state index in [4.69, 9.17) is 10.00 Å². The minimum absolute atomic E-state index is 0.0189. The number of amides is 1. The first kappa shape index (κ1) is 19.5. The summed E-state index contributed by atoms with van der Waals surface area (Å²) >= 11 is 0. The van der Waals surface area contributed by atoms with Crippen LogP contribution in [0.2, 0.25) is 0 Å². The van der Waals surface area contributed by atoms with Crippen LogP contribution in [0.3, 0.4) is 0 Å². The molecule has 150 valence electrons. The average molecular weight is 390 g/mol. The Morgan fingerprint density at radius 3 is 2.34 bits per heavy atom.